The van der Waals surface area contributed by atoms with Gasteiger partial charge < -0.3 is 0 Å². The second kappa shape index (κ2) is 12.9. The Balaban J connectivity index is 1.29. The Morgan fingerprint density at radius 1 is 0.420 bits per heavy atom. The van der Waals surface area contributed by atoms with Gasteiger partial charge in [-0.05, 0) is 0 Å². The Morgan fingerprint density at radius 2 is 0.760 bits per heavy atom. The van der Waals surface area contributed by atoms with Crippen LogP contribution >= 0.6 is 17.0 Å². The van der Waals surface area contributed by atoms with Gasteiger partial charge in [-0.15, -0.1) is 0 Å². The summed E-state index contributed by atoms with van der Waals surface area (Å²) < 4.78 is 0.0923. The second-order valence-electron chi connectivity index (χ2n) is 14.5. The van der Waals surface area contributed by atoms with Gasteiger partial charge in [-0.25, -0.2) is 0 Å². The number of halogens is 2. The van der Waals surface area contributed by atoms with Crippen molar-refractivity contribution in [2.45, 2.75) is 34.2 Å². The molecule has 2 unspecified atom stereocenters. The normalized spacial score (nSPS) is 17.5. The summed E-state index contributed by atoms with van der Waals surface area (Å²) in [5.41, 5.74) is 17.7. The molecular formula is C46H41Cl2SiZr. The molecule has 50 heavy (non-hydrogen) atoms. The topological polar surface area (TPSA) is 0 Å². The minimum atomic E-state index is -4.84. The van der Waals surface area contributed by atoms with Crippen molar-refractivity contribution in [1.82, 2.24) is 0 Å². The van der Waals surface area contributed by atoms with Crippen LogP contribution in [0.15, 0.2) is 157 Å². The van der Waals surface area contributed by atoms with Crippen molar-refractivity contribution >= 4 is 35.1 Å². The van der Waals surface area contributed by atoms with Crippen molar-refractivity contribution in [2.24, 2.45) is 0 Å². The van der Waals surface area contributed by atoms with E-state index >= 15 is 0 Å². The summed E-state index contributed by atoms with van der Waals surface area (Å²) in [7, 11) is 17.2. The van der Waals surface area contributed by atoms with E-state index in [1.807, 2.05) is 0 Å². The van der Waals surface area contributed by atoms with Crippen LogP contribution in [0.4, 0.5) is 0 Å². The fourth-order valence-electron chi connectivity index (χ4n) is 9.05. The van der Waals surface area contributed by atoms with E-state index in [0.717, 1.165) is 0 Å². The van der Waals surface area contributed by atoms with Crippen LogP contribution < -0.4 is 0 Å². The van der Waals surface area contributed by atoms with E-state index in [2.05, 4.69) is 185 Å². The molecule has 0 saturated heterocycles. The van der Waals surface area contributed by atoms with Crippen LogP contribution in [-0.4, -0.2) is 5.92 Å². The average molecular weight is 784 g/mol. The molecule has 0 bridgehead atoms. The molecule has 2 aliphatic carbocycles. The monoisotopic (exact) mass is 781 g/mol. The zero-order chi connectivity index (χ0) is 34.6. The zero-order valence-electron chi connectivity index (χ0n) is 29.0. The van der Waals surface area contributed by atoms with E-state index in [1.54, 1.807) is 0 Å². The van der Waals surface area contributed by atoms with Crippen molar-refractivity contribution in [1.29, 1.82) is 0 Å². The quantitative estimate of drug-likeness (QED) is 0.142. The molecule has 6 aromatic rings. The summed E-state index contributed by atoms with van der Waals surface area (Å²) in [4.78, 5) is 0. The number of hydrogen-bond acceptors (Lipinski definition) is 0. The summed E-state index contributed by atoms with van der Waals surface area (Å²) in [6.45, 7) is 9.41. The first-order valence-electron chi connectivity index (χ1n) is 17.7. The molecule has 0 aromatic heterocycles. The molecule has 0 saturated carbocycles. The summed E-state index contributed by atoms with van der Waals surface area (Å²) in [6.07, 6.45) is 4.82. The Hall–Kier alpha value is -3.52. The summed E-state index contributed by atoms with van der Waals surface area (Å²) >= 11 is -4.84. The third-order valence-corrected chi connectivity index (χ3v) is 63.6. The van der Waals surface area contributed by atoms with Gasteiger partial charge >= 0.3 is 308 Å². The molecule has 0 nitrogen and oxygen atoms in total. The number of allylic oxidation sites excluding steroid dienone is 2. The molecule has 0 fully saturated rings. The van der Waals surface area contributed by atoms with Gasteiger partial charge in [0.1, 0.15) is 0 Å². The number of hydrogen-bond donors (Lipinski definition) is 0. The minimum absolute atomic E-state index is 0.0461. The van der Waals surface area contributed by atoms with Crippen LogP contribution in [0.5, 0.6) is 0 Å². The third-order valence-electron chi connectivity index (χ3n) is 11.4. The number of fused-ring (bicyclic) bond motifs is 2. The van der Waals surface area contributed by atoms with Crippen molar-refractivity contribution < 1.29 is 15.6 Å². The second-order valence-corrected chi connectivity index (χ2v) is 57.0. The predicted octanol–water partition coefficient (Wildman–Crippen LogP) is 14.0. The van der Waals surface area contributed by atoms with Crippen LogP contribution in [-0.2, 0) is 15.6 Å². The Labute approximate surface area is 305 Å². The molecule has 0 N–H and O–H groups in total. The Morgan fingerprint density at radius 3 is 1.14 bits per heavy atom. The van der Waals surface area contributed by atoms with E-state index in [-0.39, 0.29) is 7.25 Å². The van der Waals surface area contributed by atoms with Crippen molar-refractivity contribution in [3.8, 4) is 44.5 Å². The average Bonchev–Trinajstić information content (AvgIpc) is 3.69. The maximum atomic E-state index is 8.59. The first kappa shape index (κ1) is 33.6. The molecule has 2 aliphatic rings. The molecule has 8 rings (SSSR count). The van der Waals surface area contributed by atoms with Gasteiger partial charge in [-0.2, -0.15) is 0 Å². The molecule has 0 amide bonds. The van der Waals surface area contributed by atoms with Crippen LogP contribution in [0, 0.1) is 0 Å². The molecule has 0 aliphatic heterocycles. The fourth-order valence-corrected chi connectivity index (χ4v) is 42.0. The van der Waals surface area contributed by atoms with Crippen molar-refractivity contribution in [3.63, 3.8) is 0 Å². The molecular weight excluding hydrogens is 743 g/mol. The van der Waals surface area contributed by atoms with E-state index in [4.69, 9.17) is 17.0 Å². The van der Waals surface area contributed by atoms with Gasteiger partial charge in [0, 0.05) is 0 Å². The van der Waals surface area contributed by atoms with Crippen molar-refractivity contribution in [2.75, 3.05) is 0 Å². The molecule has 4 heteroatoms. The molecule has 0 spiro atoms. The van der Waals surface area contributed by atoms with Gasteiger partial charge in [-0.3, -0.25) is 0 Å². The summed E-state index contributed by atoms with van der Waals surface area (Å²) in [5.74, 6) is -1.65. The van der Waals surface area contributed by atoms with Crippen LogP contribution in [0.2, 0.25) is 13.1 Å². The molecule has 247 valence electrons. The van der Waals surface area contributed by atoms with Crippen molar-refractivity contribution in [3.05, 3.63) is 179 Å². The van der Waals surface area contributed by atoms with Gasteiger partial charge in [-0.1, -0.05) is 0 Å². The molecule has 6 aromatic carbocycles. The third kappa shape index (κ3) is 5.26. The van der Waals surface area contributed by atoms with Gasteiger partial charge in [0.2, 0.25) is 0 Å². The SMILES string of the molecule is CC1=Cc2c(-c3ccccc3-c3ccccc3)cccc2[CH]1[Zr]([Cl])([Cl])([CH]1C(C)=Cc2c(-c3ccccc3-c3ccccc3)cccc21)[SiH](C)C. The zero-order valence-corrected chi connectivity index (χ0v) is 34.1. The van der Waals surface area contributed by atoms with Crippen LogP contribution in [0.3, 0.4) is 0 Å². The standard InChI is InChI=1S/2C22H17.C2H7Si.2ClH.Zr/c2*1-16-14-18-10-7-13-21(22(18)15-16)20-12-6-5-11-19(20)17-8-3-2-4-9-17;1-3-2;;;/h2*2-15H,1H3;3H,1-2H3;2*1H;/q;;;;;+2/p-2. The number of rotatable bonds is 7. The Bertz CT molecular complexity index is 2160. The van der Waals surface area contributed by atoms with Crippen LogP contribution in [0.25, 0.3) is 56.7 Å². The van der Waals surface area contributed by atoms with Crippen LogP contribution in [0.1, 0.15) is 43.4 Å². The van der Waals surface area contributed by atoms with Gasteiger partial charge in [0.15, 0.2) is 0 Å². The first-order valence-corrected chi connectivity index (χ1v) is 34.0. The molecule has 2 atom stereocenters. The molecule has 0 heterocycles. The Kier molecular flexibility index (Phi) is 8.68. The molecule has 0 radical (unpaired) electrons. The van der Waals surface area contributed by atoms with E-state index in [0.29, 0.717) is 0 Å². The van der Waals surface area contributed by atoms with E-state index in [1.165, 1.54) is 77.9 Å². The summed E-state index contributed by atoms with van der Waals surface area (Å²) in [6, 6.07) is 52.6. The number of benzene rings is 6. The summed E-state index contributed by atoms with van der Waals surface area (Å²) in [5, 5.41) is 0. The predicted molar refractivity (Wildman–Crippen MR) is 218 cm³/mol. The van der Waals surface area contributed by atoms with Gasteiger partial charge in [0.05, 0.1) is 0 Å². The fraction of sp³-hybridized carbons (Fsp3) is 0.130. The van der Waals surface area contributed by atoms with E-state index in [9.17, 15) is 0 Å². The first-order chi connectivity index (χ1) is 24.2. The van der Waals surface area contributed by atoms with E-state index < -0.39 is 21.5 Å². The van der Waals surface area contributed by atoms with Gasteiger partial charge in [0.25, 0.3) is 0 Å². The maximum absolute atomic E-state index is 8.59.